The molecule has 8 aromatic rings. The molecule has 0 nitrogen and oxygen atoms in total. The molecule has 0 fully saturated rings. The first-order valence-corrected chi connectivity index (χ1v) is 19.8. The van der Waals surface area contributed by atoms with Crippen molar-refractivity contribution in [1.82, 2.24) is 0 Å². The molecular formula is C44H39ClSiZr-4. The van der Waals surface area contributed by atoms with Gasteiger partial charge >= 0.3 is 30.2 Å². The summed E-state index contributed by atoms with van der Waals surface area (Å²) in [4.78, 5) is 0. The summed E-state index contributed by atoms with van der Waals surface area (Å²) in [6.07, 6.45) is 0. The van der Waals surface area contributed by atoms with E-state index >= 15 is 0 Å². The average Bonchev–Trinajstić information content (AvgIpc) is 3.70. The fourth-order valence-corrected chi connectivity index (χ4v) is 6.61. The van der Waals surface area contributed by atoms with Crippen LogP contribution in [-0.4, -0.2) is 6.88 Å². The van der Waals surface area contributed by atoms with Gasteiger partial charge in [0.25, 0.3) is 0 Å². The van der Waals surface area contributed by atoms with Crippen LogP contribution >= 0.6 is 11.6 Å². The van der Waals surface area contributed by atoms with Gasteiger partial charge in [0, 0.05) is 0 Å². The van der Waals surface area contributed by atoms with Gasteiger partial charge in [0.2, 0.25) is 0 Å². The molecule has 0 amide bonds. The summed E-state index contributed by atoms with van der Waals surface area (Å²) in [5, 5.41) is 11.1. The van der Waals surface area contributed by atoms with E-state index in [4.69, 9.17) is 11.6 Å². The first-order valence-electron chi connectivity index (χ1n) is 15.2. The van der Waals surface area contributed by atoms with Crippen molar-refractivity contribution < 1.29 is 23.3 Å². The van der Waals surface area contributed by atoms with Gasteiger partial charge < -0.3 is 14.9 Å². The van der Waals surface area contributed by atoms with Crippen molar-refractivity contribution in [2.24, 2.45) is 0 Å². The molecule has 0 aliphatic rings. The van der Waals surface area contributed by atoms with Crippen LogP contribution in [0.15, 0.2) is 140 Å². The molecule has 8 rings (SSSR count). The Labute approximate surface area is 302 Å². The van der Waals surface area contributed by atoms with Gasteiger partial charge in [-0.1, -0.05) is 135 Å². The SMILES string of the molecule is CC(C)c1cc2c(-c3cccc4ccccc34)cccc2[cH-]1.Cc1cc2c(-c3cccc4ccccc34)ccc(Cl)c2[cH-]1.[CH3-].[CH3-].[Si]=[Zr]. The zero-order valence-electron chi connectivity index (χ0n) is 27.7. The van der Waals surface area contributed by atoms with Crippen molar-refractivity contribution in [3.8, 4) is 22.3 Å². The van der Waals surface area contributed by atoms with E-state index in [9.17, 15) is 0 Å². The Bertz CT molecular complexity index is 2260. The van der Waals surface area contributed by atoms with E-state index in [1.807, 2.05) is 6.07 Å². The molecule has 0 saturated carbocycles. The second-order valence-electron chi connectivity index (χ2n) is 11.8. The monoisotopic (exact) mass is 720 g/mol. The molecule has 8 aromatic carbocycles. The van der Waals surface area contributed by atoms with Crippen LogP contribution in [0.1, 0.15) is 30.9 Å². The fraction of sp³-hybridized carbons (Fsp3) is 0.0909. The second-order valence-corrected chi connectivity index (χ2v) is 12.2. The van der Waals surface area contributed by atoms with Crippen LogP contribution < -0.4 is 0 Å². The molecule has 47 heavy (non-hydrogen) atoms. The van der Waals surface area contributed by atoms with E-state index < -0.39 is 0 Å². The molecule has 234 valence electrons. The zero-order chi connectivity index (χ0) is 31.5. The van der Waals surface area contributed by atoms with Gasteiger partial charge in [-0.15, -0.1) is 68.5 Å². The summed E-state index contributed by atoms with van der Waals surface area (Å²) in [5.74, 6) is 0.563. The van der Waals surface area contributed by atoms with E-state index in [1.54, 1.807) is 0 Å². The minimum atomic E-state index is 0. The third kappa shape index (κ3) is 7.31. The third-order valence-electron chi connectivity index (χ3n) is 8.58. The van der Waals surface area contributed by atoms with Crippen molar-refractivity contribution in [1.29, 1.82) is 0 Å². The van der Waals surface area contributed by atoms with Crippen molar-refractivity contribution in [3.63, 3.8) is 0 Å². The van der Waals surface area contributed by atoms with E-state index in [1.165, 1.54) is 94.4 Å². The maximum absolute atomic E-state index is 6.35. The van der Waals surface area contributed by atoms with E-state index in [2.05, 4.69) is 161 Å². The second kappa shape index (κ2) is 16.0. The molecule has 3 heteroatoms. The van der Waals surface area contributed by atoms with Gasteiger partial charge in [-0.25, -0.2) is 0 Å². The number of benzene rings is 6. The number of aryl methyl sites for hydroxylation is 1. The summed E-state index contributed by atoms with van der Waals surface area (Å²) >= 11 is 7.70. The van der Waals surface area contributed by atoms with Crippen molar-refractivity contribution in [3.05, 3.63) is 171 Å². The molecule has 0 spiro atoms. The Kier molecular flexibility index (Phi) is 12.4. The fourth-order valence-electron chi connectivity index (χ4n) is 6.39. The Hall–Kier alpha value is -3.55. The van der Waals surface area contributed by atoms with Crippen LogP contribution in [-0.2, 0) is 23.3 Å². The third-order valence-corrected chi connectivity index (χ3v) is 8.91. The van der Waals surface area contributed by atoms with Gasteiger partial charge in [0.15, 0.2) is 0 Å². The summed E-state index contributed by atoms with van der Waals surface area (Å²) < 4.78 is 0. The van der Waals surface area contributed by atoms with Gasteiger partial charge in [0.05, 0.1) is 0 Å². The Morgan fingerprint density at radius 2 is 1.04 bits per heavy atom. The van der Waals surface area contributed by atoms with E-state index in [0.717, 1.165) is 10.4 Å². The van der Waals surface area contributed by atoms with Gasteiger partial charge in [-0.2, -0.15) is 12.1 Å². The van der Waals surface area contributed by atoms with Crippen molar-refractivity contribution in [2.45, 2.75) is 26.7 Å². The summed E-state index contributed by atoms with van der Waals surface area (Å²) in [6.45, 7) is 9.69. The van der Waals surface area contributed by atoms with Crippen LogP contribution in [0.4, 0.5) is 0 Å². The molecule has 0 N–H and O–H groups in total. The molecule has 0 aliphatic carbocycles. The Morgan fingerprint density at radius 3 is 1.62 bits per heavy atom. The van der Waals surface area contributed by atoms with Crippen molar-refractivity contribution >= 4 is 61.6 Å². The number of rotatable bonds is 3. The van der Waals surface area contributed by atoms with Gasteiger partial charge in [-0.05, 0) is 43.6 Å². The Balaban J connectivity index is 0.000000195. The number of hydrogen-bond acceptors (Lipinski definition) is 0. The minimum absolute atomic E-state index is 0. The molecular weight excluding hydrogens is 683 g/mol. The summed E-state index contributed by atoms with van der Waals surface area (Å²) in [7, 11) is 0. The number of fused-ring (bicyclic) bond motifs is 4. The summed E-state index contributed by atoms with van der Waals surface area (Å²) in [6, 6.07) is 50.0. The molecule has 0 saturated heterocycles. The number of halogens is 1. The van der Waals surface area contributed by atoms with Crippen LogP contribution in [0.2, 0.25) is 5.02 Å². The molecule has 0 aromatic heterocycles. The molecule has 2 radical (unpaired) electrons. The predicted octanol–water partition coefficient (Wildman–Crippen LogP) is 13.4. The predicted molar refractivity (Wildman–Crippen MR) is 207 cm³/mol. The molecule has 0 unspecified atom stereocenters. The maximum atomic E-state index is 6.35. The first kappa shape index (κ1) is 36.3. The van der Waals surface area contributed by atoms with Gasteiger partial charge in [0.1, 0.15) is 0 Å². The van der Waals surface area contributed by atoms with Crippen LogP contribution in [0.3, 0.4) is 0 Å². The normalized spacial score (nSPS) is 10.6. The molecule has 0 heterocycles. The zero-order valence-corrected chi connectivity index (χ0v) is 31.9. The molecule has 0 atom stereocenters. The van der Waals surface area contributed by atoms with Gasteiger partial charge in [-0.3, -0.25) is 0 Å². The van der Waals surface area contributed by atoms with Crippen LogP contribution in [0.5, 0.6) is 0 Å². The Morgan fingerprint density at radius 1 is 0.553 bits per heavy atom. The van der Waals surface area contributed by atoms with E-state index in [0.29, 0.717) is 5.92 Å². The van der Waals surface area contributed by atoms with Crippen LogP contribution in [0.25, 0.3) is 65.3 Å². The molecule has 0 bridgehead atoms. The topological polar surface area (TPSA) is 0 Å². The quantitative estimate of drug-likeness (QED) is 0.126. The standard InChI is InChI=1S/C22H19.C20H14Cl.2CH3.Si.Zr/c1-15(2)18-13-17-9-6-12-21(22(17)14-18)20-11-5-8-16-7-3-4-10-19(16)20;1-13-11-18-17(9-10-20(21)19(18)12-13)16-8-4-6-14-5-2-3-7-15(14)16;;;;/h3-15H,1-2H3;2-12H,1H3;2*1H3;;/q4*-1;;. The van der Waals surface area contributed by atoms with Crippen molar-refractivity contribution in [2.75, 3.05) is 0 Å². The first-order chi connectivity index (χ1) is 22.0. The molecule has 0 aliphatic heterocycles. The van der Waals surface area contributed by atoms with E-state index in [-0.39, 0.29) is 14.9 Å². The average molecular weight is 723 g/mol. The summed E-state index contributed by atoms with van der Waals surface area (Å²) in [5.41, 5.74) is 7.84. The number of hydrogen-bond donors (Lipinski definition) is 0. The van der Waals surface area contributed by atoms with Crippen LogP contribution in [0, 0.1) is 21.8 Å².